The molecule has 3 rings (SSSR count). The van der Waals surface area contributed by atoms with Crippen molar-refractivity contribution in [2.75, 3.05) is 19.2 Å². The van der Waals surface area contributed by atoms with Crippen molar-refractivity contribution in [1.82, 2.24) is 4.48 Å². The SMILES string of the molecule is C[N+]1(C)c2ccccc2N([O-])c2ccccc21. The Bertz CT molecular complexity index is 528. The summed E-state index contributed by atoms with van der Waals surface area (Å²) in [6.07, 6.45) is 0. The van der Waals surface area contributed by atoms with E-state index < -0.39 is 0 Å². The third-order valence-electron chi connectivity index (χ3n) is 3.41. The predicted molar refractivity (Wildman–Crippen MR) is 71.7 cm³/mol. The summed E-state index contributed by atoms with van der Waals surface area (Å²) in [5, 5.41) is 13.3. The van der Waals surface area contributed by atoms with Crippen LogP contribution in [0, 0.1) is 5.21 Å². The van der Waals surface area contributed by atoms with E-state index in [2.05, 4.69) is 14.1 Å². The molecule has 2 aromatic carbocycles. The molecule has 17 heavy (non-hydrogen) atoms. The van der Waals surface area contributed by atoms with Crippen LogP contribution in [0.15, 0.2) is 48.5 Å². The monoisotopic (exact) mass is 226 g/mol. The first-order valence-electron chi connectivity index (χ1n) is 5.63. The number of benzene rings is 2. The van der Waals surface area contributed by atoms with Crippen LogP contribution < -0.4 is 9.55 Å². The number of rotatable bonds is 0. The van der Waals surface area contributed by atoms with Crippen LogP contribution in [0.3, 0.4) is 0 Å². The van der Waals surface area contributed by atoms with Crippen LogP contribution >= 0.6 is 0 Å². The average Bonchev–Trinajstić information content (AvgIpc) is 2.37. The van der Waals surface area contributed by atoms with Crippen molar-refractivity contribution in [2.45, 2.75) is 0 Å². The summed E-state index contributed by atoms with van der Waals surface area (Å²) < 4.78 is 0.602. The van der Waals surface area contributed by atoms with Gasteiger partial charge in [0.15, 0.2) is 11.4 Å². The zero-order valence-electron chi connectivity index (χ0n) is 9.92. The van der Waals surface area contributed by atoms with Crippen molar-refractivity contribution >= 4 is 22.7 Å². The van der Waals surface area contributed by atoms with Crippen molar-refractivity contribution in [3.8, 4) is 0 Å². The van der Waals surface area contributed by atoms with Crippen molar-refractivity contribution < 1.29 is 0 Å². The molecule has 0 unspecified atom stereocenters. The fourth-order valence-electron chi connectivity index (χ4n) is 2.48. The second-order valence-electron chi connectivity index (χ2n) is 4.73. The first-order chi connectivity index (χ1) is 8.12. The third-order valence-corrected chi connectivity index (χ3v) is 3.41. The summed E-state index contributed by atoms with van der Waals surface area (Å²) in [5.41, 5.74) is 3.52. The smallest absolute Gasteiger partial charge is 0.160 e. The summed E-state index contributed by atoms with van der Waals surface area (Å²) >= 11 is 0. The number of quaternary nitrogens is 1. The van der Waals surface area contributed by atoms with Gasteiger partial charge in [-0.3, -0.25) is 4.48 Å². The molecule has 1 heterocycles. The molecule has 0 N–H and O–H groups in total. The zero-order valence-corrected chi connectivity index (χ0v) is 9.92. The van der Waals surface area contributed by atoms with Gasteiger partial charge >= 0.3 is 0 Å². The van der Waals surface area contributed by atoms with Crippen molar-refractivity contribution in [2.24, 2.45) is 0 Å². The van der Waals surface area contributed by atoms with Gasteiger partial charge in [0.1, 0.15) is 0 Å². The zero-order chi connectivity index (χ0) is 12.0. The maximum atomic E-state index is 12.3. The number of fused-ring (bicyclic) bond motifs is 2. The highest BCUT2D eigenvalue weighted by Crippen LogP contribution is 2.49. The molecule has 0 aromatic heterocycles. The number of nitrogens with zero attached hydrogens (tertiary/aromatic N) is 2. The summed E-state index contributed by atoms with van der Waals surface area (Å²) in [6, 6.07) is 15.5. The van der Waals surface area contributed by atoms with E-state index in [0.29, 0.717) is 4.48 Å². The second-order valence-corrected chi connectivity index (χ2v) is 4.73. The van der Waals surface area contributed by atoms with Crippen molar-refractivity contribution in [3.05, 3.63) is 53.7 Å². The molecule has 2 aromatic rings. The summed E-state index contributed by atoms with van der Waals surface area (Å²) in [6.45, 7) is 0. The predicted octanol–water partition coefficient (Wildman–Crippen LogP) is 3.53. The van der Waals surface area contributed by atoms with Crippen LogP contribution in [0.1, 0.15) is 0 Å². The lowest BCUT2D eigenvalue weighted by Crippen LogP contribution is -2.39. The van der Waals surface area contributed by atoms with Crippen LogP contribution in [0.25, 0.3) is 0 Å². The normalized spacial score (nSPS) is 16.3. The van der Waals surface area contributed by atoms with Gasteiger partial charge in [0, 0.05) is 12.1 Å². The first kappa shape index (κ1) is 10.3. The molecule has 0 atom stereocenters. The van der Waals surface area contributed by atoms with Gasteiger partial charge in [-0.25, -0.2) is 0 Å². The van der Waals surface area contributed by atoms with Crippen LogP contribution in [0.2, 0.25) is 0 Å². The highest BCUT2D eigenvalue weighted by atomic mass is 16.5. The molecule has 0 radical (unpaired) electrons. The van der Waals surface area contributed by atoms with Gasteiger partial charge in [-0.05, 0) is 12.1 Å². The summed E-state index contributed by atoms with van der Waals surface area (Å²) in [4.78, 5) is 0. The molecule has 3 heteroatoms. The van der Waals surface area contributed by atoms with Gasteiger partial charge in [-0.15, -0.1) is 0 Å². The maximum Gasteiger partial charge on any atom is 0.160 e. The Hall–Kier alpha value is -1.84. The van der Waals surface area contributed by atoms with E-state index in [4.69, 9.17) is 0 Å². The molecular formula is C14H14N2O. The van der Waals surface area contributed by atoms with E-state index in [-0.39, 0.29) is 0 Å². The Kier molecular flexibility index (Phi) is 2.02. The van der Waals surface area contributed by atoms with Gasteiger partial charge < -0.3 is 10.3 Å². The largest absolute Gasteiger partial charge is 0.753 e. The van der Waals surface area contributed by atoms with E-state index in [0.717, 1.165) is 27.8 Å². The quantitative estimate of drug-likeness (QED) is 0.642. The molecule has 0 spiro atoms. The minimum Gasteiger partial charge on any atom is -0.753 e. The molecule has 86 valence electrons. The van der Waals surface area contributed by atoms with E-state index in [1.807, 2.05) is 48.5 Å². The Morgan fingerprint density at radius 1 is 0.824 bits per heavy atom. The number of hydrogen-bond acceptors (Lipinski definition) is 2. The molecular weight excluding hydrogens is 212 g/mol. The summed E-state index contributed by atoms with van der Waals surface area (Å²) in [5.74, 6) is 0. The fraction of sp³-hybridized carbons (Fsp3) is 0.143. The number of hydrogen-bond donors (Lipinski definition) is 0. The van der Waals surface area contributed by atoms with E-state index >= 15 is 0 Å². The highest BCUT2D eigenvalue weighted by Gasteiger charge is 2.33. The Labute approximate surface area is 101 Å². The minimum atomic E-state index is 0.602. The molecule has 0 fully saturated rings. The molecule has 0 amide bonds. The average molecular weight is 226 g/mol. The van der Waals surface area contributed by atoms with Gasteiger partial charge in [-0.1, -0.05) is 24.3 Å². The number of anilines is 2. The van der Waals surface area contributed by atoms with Crippen LogP contribution in [0.4, 0.5) is 22.7 Å². The van der Waals surface area contributed by atoms with Crippen LogP contribution in [-0.2, 0) is 0 Å². The van der Waals surface area contributed by atoms with Crippen molar-refractivity contribution in [3.63, 3.8) is 0 Å². The molecule has 3 nitrogen and oxygen atoms in total. The minimum absolute atomic E-state index is 0.602. The number of para-hydroxylation sites is 4. The van der Waals surface area contributed by atoms with Gasteiger partial charge in [0.25, 0.3) is 0 Å². The lowest BCUT2D eigenvalue weighted by atomic mass is 10.1. The van der Waals surface area contributed by atoms with Crippen molar-refractivity contribution in [1.29, 1.82) is 0 Å². The summed E-state index contributed by atoms with van der Waals surface area (Å²) in [7, 11) is 4.20. The van der Waals surface area contributed by atoms with Crippen LogP contribution in [0.5, 0.6) is 0 Å². The topological polar surface area (TPSA) is 26.3 Å². The highest BCUT2D eigenvalue weighted by molar-refractivity contribution is 5.90. The van der Waals surface area contributed by atoms with E-state index in [9.17, 15) is 5.21 Å². The molecule has 0 saturated heterocycles. The van der Waals surface area contributed by atoms with Gasteiger partial charge in [-0.2, -0.15) is 0 Å². The Morgan fingerprint density at radius 2 is 1.24 bits per heavy atom. The van der Waals surface area contributed by atoms with Gasteiger partial charge in [0.2, 0.25) is 0 Å². The standard InChI is InChI=1S/C14H14N2O/c1-16(2)13-9-5-3-7-11(13)15(17)12-8-4-6-10-14(12)16/h3-10H,1-2H3. The van der Waals surface area contributed by atoms with Crippen LogP contribution in [-0.4, -0.2) is 14.1 Å². The lowest BCUT2D eigenvalue weighted by Gasteiger charge is -2.44. The fourth-order valence-corrected chi connectivity index (χ4v) is 2.48. The molecule has 0 aliphatic carbocycles. The Morgan fingerprint density at radius 3 is 1.71 bits per heavy atom. The molecule has 1 aliphatic heterocycles. The Balaban J connectivity index is 2.34. The molecule has 0 saturated carbocycles. The molecule has 0 bridgehead atoms. The second kappa shape index (κ2) is 3.32. The molecule has 1 aliphatic rings. The third kappa shape index (κ3) is 1.30. The van der Waals surface area contributed by atoms with E-state index in [1.165, 1.54) is 0 Å². The maximum absolute atomic E-state index is 12.3. The van der Waals surface area contributed by atoms with E-state index in [1.54, 1.807) is 0 Å². The lowest BCUT2D eigenvalue weighted by molar-refractivity contribution is 0.550. The van der Waals surface area contributed by atoms with Gasteiger partial charge in [0.05, 0.1) is 25.5 Å². The first-order valence-corrected chi connectivity index (χ1v) is 5.63.